The molecule has 0 saturated carbocycles. The summed E-state index contributed by atoms with van der Waals surface area (Å²) in [4.78, 5) is 16.9. The molecule has 0 aliphatic heterocycles. The van der Waals surface area contributed by atoms with Crippen LogP contribution in [0.2, 0.25) is 25.7 Å². The van der Waals surface area contributed by atoms with Crippen LogP contribution in [0, 0.1) is 23.0 Å². The Labute approximate surface area is 266 Å². The third-order valence-corrected chi connectivity index (χ3v) is 8.87. The molecule has 0 saturated heterocycles. The fourth-order valence-corrected chi connectivity index (χ4v) is 5.59. The summed E-state index contributed by atoms with van der Waals surface area (Å²) in [6.45, 7) is 7.56. The number of hydrogen-bond donors (Lipinski definition) is 0. The lowest BCUT2D eigenvalue weighted by Gasteiger charge is -2.15. The molecular weight excluding hydrogens is 608 g/mol. The highest BCUT2D eigenvalue weighted by molar-refractivity contribution is 6.76. The molecule has 2 heterocycles. The minimum atomic E-state index is -1.32. The predicted molar refractivity (Wildman–Crippen MR) is 173 cm³/mol. The number of hydrogen-bond acceptors (Lipinski definition) is 7. The van der Waals surface area contributed by atoms with Crippen LogP contribution in [0.25, 0.3) is 22.2 Å². The molecule has 8 nitrogen and oxygen atoms in total. The smallest absolute Gasteiger partial charge is 0.315 e. The molecular formula is C35H33F2N3O5Si. The number of carbonyl (C=O) groups excluding carboxylic acids is 1. The Kier molecular flexibility index (Phi) is 9.80. The summed E-state index contributed by atoms with van der Waals surface area (Å²) in [5.74, 6) is -2.38. The van der Waals surface area contributed by atoms with Gasteiger partial charge in [-0.2, -0.15) is 5.26 Å². The van der Waals surface area contributed by atoms with Gasteiger partial charge in [-0.15, -0.1) is 0 Å². The van der Waals surface area contributed by atoms with Crippen LogP contribution in [0.5, 0.6) is 23.0 Å². The number of halogens is 2. The van der Waals surface area contributed by atoms with E-state index in [4.69, 9.17) is 18.9 Å². The second kappa shape index (κ2) is 13.9. The summed E-state index contributed by atoms with van der Waals surface area (Å²) in [6.07, 6.45) is 2.96. The van der Waals surface area contributed by atoms with E-state index >= 15 is 8.78 Å². The number of benzene rings is 3. The van der Waals surface area contributed by atoms with Crippen molar-refractivity contribution < 1.29 is 32.5 Å². The van der Waals surface area contributed by atoms with E-state index in [0.29, 0.717) is 45.8 Å². The number of esters is 1. The van der Waals surface area contributed by atoms with Crippen molar-refractivity contribution >= 4 is 25.1 Å². The highest BCUT2D eigenvalue weighted by atomic mass is 28.3. The number of rotatable bonds is 12. The van der Waals surface area contributed by atoms with Crippen molar-refractivity contribution in [1.29, 1.82) is 5.26 Å². The van der Waals surface area contributed by atoms with Crippen molar-refractivity contribution in [2.24, 2.45) is 0 Å². The summed E-state index contributed by atoms with van der Waals surface area (Å²) < 4.78 is 55.0. The number of nitriles is 1. The molecule has 0 aliphatic rings. The normalized spacial score (nSPS) is 11.3. The molecule has 5 rings (SSSR count). The second-order valence-corrected chi connectivity index (χ2v) is 17.5. The molecule has 0 radical (unpaired) electrons. The summed E-state index contributed by atoms with van der Waals surface area (Å²) in [6, 6.07) is 20.3. The van der Waals surface area contributed by atoms with Gasteiger partial charge >= 0.3 is 5.97 Å². The topological polar surface area (TPSA) is 95.6 Å². The molecule has 0 spiro atoms. The van der Waals surface area contributed by atoms with E-state index < -0.39 is 31.4 Å². The number of methoxy groups -OCH3 is 1. The molecule has 2 aromatic heterocycles. The van der Waals surface area contributed by atoms with Gasteiger partial charge in [0.15, 0.2) is 17.4 Å². The van der Waals surface area contributed by atoms with Crippen LogP contribution in [0.1, 0.15) is 11.1 Å². The highest BCUT2D eigenvalue weighted by Crippen LogP contribution is 2.40. The maximum atomic E-state index is 15.4. The lowest BCUT2D eigenvalue weighted by atomic mass is 10.0. The third-order valence-electron chi connectivity index (χ3n) is 7.17. The Hall–Kier alpha value is -5.05. The summed E-state index contributed by atoms with van der Waals surface area (Å²) in [5.41, 5.74) is 2.14. The minimum absolute atomic E-state index is 0.0905. The maximum Gasteiger partial charge on any atom is 0.315 e. The lowest BCUT2D eigenvalue weighted by Crippen LogP contribution is -2.22. The van der Waals surface area contributed by atoms with E-state index in [0.717, 1.165) is 18.2 Å². The van der Waals surface area contributed by atoms with Gasteiger partial charge in [0.05, 0.1) is 24.5 Å². The number of fused-ring (bicyclic) bond motifs is 1. The Morgan fingerprint density at radius 3 is 2.41 bits per heavy atom. The van der Waals surface area contributed by atoms with Crippen LogP contribution in [-0.2, 0) is 22.7 Å². The van der Waals surface area contributed by atoms with Gasteiger partial charge in [-0.3, -0.25) is 4.79 Å². The van der Waals surface area contributed by atoms with Crippen LogP contribution in [0.15, 0.2) is 79.1 Å². The molecule has 236 valence electrons. The van der Waals surface area contributed by atoms with Crippen LogP contribution < -0.4 is 14.2 Å². The Bertz CT molecular complexity index is 1890. The molecule has 11 heteroatoms. The SMILES string of the molecule is COc1ccc(-c2cn(COCC[Si](C)(C)C)c3nccc(Oc4c(F)cc(CC(=O)Oc5ccccc5)cc4F)c23)cc1C#N. The summed E-state index contributed by atoms with van der Waals surface area (Å²) >= 11 is 0. The van der Waals surface area contributed by atoms with Gasteiger partial charge in [-0.25, -0.2) is 13.8 Å². The van der Waals surface area contributed by atoms with E-state index in [1.807, 2.05) is 6.20 Å². The Balaban J connectivity index is 1.49. The first kappa shape index (κ1) is 32.3. The minimum Gasteiger partial charge on any atom is -0.495 e. The molecule has 0 fully saturated rings. The summed E-state index contributed by atoms with van der Waals surface area (Å²) in [7, 11) is 0.163. The number of ether oxygens (including phenoxy) is 4. The van der Waals surface area contributed by atoms with Gasteiger partial charge in [-0.05, 0) is 59.6 Å². The summed E-state index contributed by atoms with van der Waals surface area (Å²) in [5, 5.41) is 10.2. The number of nitrogens with zero attached hydrogens (tertiary/aromatic N) is 3. The van der Waals surface area contributed by atoms with Crippen molar-refractivity contribution in [2.45, 2.75) is 38.8 Å². The third kappa shape index (κ3) is 7.59. The molecule has 46 heavy (non-hydrogen) atoms. The van der Waals surface area contributed by atoms with Crippen molar-refractivity contribution in [2.75, 3.05) is 13.7 Å². The largest absolute Gasteiger partial charge is 0.495 e. The zero-order valence-corrected chi connectivity index (χ0v) is 27.0. The zero-order valence-electron chi connectivity index (χ0n) is 26.0. The van der Waals surface area contributed by atoms with E-state index in [-0.39, 0.29) is 24.5 Å². The van der Waals surface area contributed by atoms with Crippen molar-refractivity contribution in [1.82, 2.24) is 9.55 Å². The average molecular weight is 642 g/mol. The Morgan fingerprint density at radius 2 is 1.74 bits per heavy atom. The Morgan fingerprint density at radius 1 is 1.00 bits per heavy atom. The molecule has 0 bridgehead atoms. The zero-order chi connectivity index (χ0) is 32.8. The van der Waals surface area contributed by atoms with Gasteiger partial charge in [-0.1, -0.05) is 43.9 Å². The van der Waals surface area contributed by atoms with Gasteiger partial charge in [0.2, 0.25) is 0 Å². The monoisotopic (exact) mass is 641 g/mol. The fraction of sp³-hybridized carbons (Fsp3) is 0.229. The number of para-hydroxylation sites is 1. The molecule has 0 N–H and O–H groups in total. The molecule has 5 aromatic rings. The molecule has 0 aliphatic carbocycles. The molecule has 0 amide bonds. The number of carbonyl (C=O) groups is 1. The first-order chi connectivity index (χ1) is 22.1. The van der Waals surface area contributed by atoms with Crippen LogP contribution in [0.4, 0.5) is 8.78 Å². The maximum absolute atomic E-state index is 15.4. The number of aromatic nitrogens is 2. The predicted octanol–water partition coefficient (Wildman–Crippen LogP) is 8.11. The highest BCUT2D eigenvalue weighted by Gasteiger charge is 2.22. The van der Waals surface area contributed by atoms with Crippen LogP contribution in [-0.4, -0.2) is 37.3 Å². The van der Waals surface area contributed by atoms with Crippen LogP contribution >= 0.6 is 0 Å². The van der Waals surface area contributed by atoms with Gasteiger partial charge < -0.3 is 23.5 Å². The van der Waals surface area contributed by atoms with Gasteiger partial charge in [0.25, 0.3) is 0 Å². The van der Waals surface area contributed by atoms with E-state index in [1.165, 1.54) is 19.4 Å². The molecule has 0 atom stereocenters. The van der Waals surface area contributed by atoms with E-state index in [1.54, 1.807) is 53.1 Å². The van der Waals surface area contributed by atoms with E-state index in [9.17, 15) is 10.1 Å². The van der Waals surface area contributed by atoms with Crippen molar-refractivity contribution in [3.63, 3.8) is 0 Å². The van der Waals surface area contributed by atoms with Crippen molar-refractivity contribution in [3.05, 3.63) is 102 Å². The quantitative estimate of drug-likeness (QED) is 0.0588. The standard InChI is InChI=1S/C35H33F2N3O5Si/c1-42-30-11-10-24(19-25(30)20-38)27-21-40(22-43-14-15-46(2,3)4)35-33(27)31(12-13-39-35)45-34-28(36)16-23(17-29(34)37)18-32(41)44-26-8-6-5-7-9-26/h5-13,16-17,19,21H,14-15,18,22H2,1-4H3. The first-order valence-corrected chi connectivity index (χ1v) is 18.3. The molecule has 3 aromatic carbocycles. The van der Waals surface area contributed by atoms with E-state index in [2.05, 4.69) is 30.7 Å². The average Bonchev–Trinajstić information content (AvgIpc) is 3.40. The van der Waals surface area contributed by atoms with Crippen molar-refractivity contribution in [3.8, 4) is 40.2 Å². The second-order valence-electron chi connectivity index (χ2n) is 11.8. The first-order valence-electron chi connectivity index (χ1n) is 14.6. The fourth-order valence-electron chi connectivity index (χ4n) is 4.84. The van der Waals surface area contributed by atoms with Gasteiger partial charge in [0.1, 0.15) is 35.7 Å². The van der Waals surface area contributed by atoms with Gasteiger partial charge in [0, 0.05) is 32.6 Å². The molecule has 0 unspecified atom stereocenters. The van der Waals surface area contributed by atoms with Crippen LogP contribution in [0.3, 0.4) is 0 Å². The lowest BCUT2D eigenvalue weighted by molar-refractivity contribution is -0.133. The number of pyridine rings is 1.